The number of pyridine rings is 1. The van der Waals surface area contributed by atoms with Gasteiger partial charge in [0.15, 0.2) is 0 Å². The maximum atomic E-state index is 11.8. The molecular weight excluding hydrogens is 316 g/mol. The fourth-order valence-corrected chi connectivity index (χ4v) is 3.66. The second-order valence-electron chi connectivity index (χ2n) is 4.59. The number of hydrogen-bond donors (Lipinski definition) is 0. The number of rotatable bonds is 5. The van der Waals surface area contributed by atoms with Crippen molar-refractivity contribution in [1.29, 1.82) is 5.26 Å². The van der Waals surface area contributed by atoms with Gasteiger partial charge in [-0.25, -0.2) is 4.98 Å². The lowest BCUT2D eigenvalue weighted by Gasteiger charge is -2.13. The van der Waals surface area contributed by atoms with E-state index in [9.17, 15) is 10.1 Å². The molecule has 2 rings (SSSR count). The number of thiophene rings is 1. The van der Waals surface area contributed by atoms with Crippen LogP contribution in [0.1, 0.15) is 25.1 Å². The largest absolute Gasteiger partial charge is 0.465 e. The summed E-state index contributed by atoms with van der Waals surface area (Å²) >= 11 is 2.84. The van der Waals surface area contributed by atoms with Crippen LogP contribution in [0.2, 0.25) is 0 Å². The number of thioether (sulfide) groups is 1. The average molecular weight is 332 g/mol. The summed E-state index contributed by atoms with van der Waals surface area (Å²) in [5.74, 6) is -0.294. The number of esters is 1. The van der Waals surface area contributed by atoms with Crippen molar-refractivity contribution in [1.82, 2.24) is 4.98 Å². The number of ether oxygens (including phenoxy) is 1. The van der Waals surface area contributed by atoms with Gasteiger partial charge < -0.3 is 4.74 Å². The van der Waals surface area contributed by atoms with Crippen molar-refractivity contribution >= 4 is 29.1 Å². The van der Waals surface area contributed by atoms with Gasteiger partial charge in [-0.3, -0.25) is 4.79 Å². The number of nitrogens with zero attached hydrogens (tertiary/aromatic N) is 2. The number of carbonyl (C=O) groups excluding carboxylic acids is 1. The quantitative estimate of drug-likeness (QED) is 0.611. The molecule has 2 heterocycles. The first-order chi connectivity index (χ1) is 10.6. The van der Waals surface area contributed by atoms with E-state index >= 15 is 0 Å². The highest BCUT2D eigenvalue weighted by Crippen LogP contribution is 2.35. The van der Waals surface area contributed by atoms with Crippen LogP contribution in [0.25, 0.3) is 10.4 Å². The van der Waals surface area contributed by atoms with Crippen LogP contribution >= 0.6 is 23.1 Å². The van der Waals surface area contributed by atoms with E-state index in [1.165, 1.54) is 11.8 Å². The van der Waals surface area contributed by atoms with Crippen molar-refractivity contribution in [3.05, 3.63) is 34.8 Å². The summed E-state index contributed by atoms with van der Waals surface area (Å²) in [5.41, 5.74) is 2.19. The smallest absolute Gasteiger partial charge is 0.319 e. The van der Waals surface area contributed by atoms with Gasteiger partial charge in [0.05, 0.1) is 12.2 Å². The van der Waals surface area contributed by atoms with Crippen LogP contribution in [0.3, 0.4) is 0 Å². The molecule has 1 unspecified atom stereocenters. The molecule has 0 saturated heterocycles. The van der Waals surface area contributed by atoms with Gasteiger partial charge >= 0.3 is 5.97 Å². The van der Waals surface area contributed by atoms with E-state index < -0.39 is 5.25 Å². The fourth-order valence-electron chi connectivity index (χ4n) is 1.94. The Bertz CT molecular complexity index is 706. The number of aryl methyl sites for hydroxylation is 1. The van der Waals surface area contributed by atoms with Gasteiger partial charge in [0, 0.05) is 16.1 Å². The highest BCUT2D eigenvalue weighted by molar-refractivity contribution is 8.00. The molecule has 0 bridgehead atoms. The van der Waals surface area contributed by atoms with Gasteiger partial charge in [-0.2, -0.15) is 5.26 Å². The molecule has 4 nitrogen and oxygen atoms in total. The summed E-state index contributed by atoms with van der Waals surface area (Å²) in [6.07, 6.45) is 0. The second-order valence-corrected chi connectivity index (χ2v) is 6.87. The Balaban J connectivity index is 2.40. The van der Waals surface area contributed by atoms with Gasteiger partial charge in [0.25, 0.3) is 0 Å². The van der Waals surface area contributed by atoms with E-state index in [0.717, 1.165) is 16.1 Å². The van der Waals surface area contributed by atoms with Crippen LogP contribution in [0.4, 0.5) is 0 Å². The minimum absolute atomic E-state index is 0.294. The summed E-state index contributed by atoms with van der Waals surface area (Å²) in [7, 11) is 0. The minimum Gasteiger partial charge on any atom is -0.465 e. The van der Waals surface area contributed by atoms with Crippen molar-refractivity contribution in [2.75, 3.05) is 6.61 Å². The molecule has 0 fully saturated rings. The number of nitriles is 1. The molecule has 0 saturated carbocycles. The highest BCUT2D eigenvalue weighted by Gasteiger charge is 2.21. The summed E-state index contributed by atoms with van der Waals surface area (Å²) in [5, 5.41) is 11.7. The number of aromatic nitrogens is 1. The van der Waals surface area contributed by atoms with E-state index in [1.54, 1.807) is 25.2 Å². The molecule has 0 radical (unpaired) electrons. The molecule has 0 N–H and O–H groups in total. The van der Waals surface area contributed by atoms with Crippen LogP contribution in [0.15, 0.2) is 28.6 Å². The molecule has 0 aliphatic heterocycles. The standard InChI is InChI=1S/C16H16N2O2S2/c1-4-20-16(19)11(3)22-15-13(9-17)12(8-10(2)18-15)14-6-5-7-21-14/h5-8,11H,4H2,1-3H3. The lowest BCUT2D eigenvalue weighted by atomic mass is 10.1. The Kier molecular flexibility index (Phi) is 5.58. The molecule has 1 atom stereocenters. The number of carbonyl (C=O) groups is 1. The Labute approximate surface area is 138 Å². The zero-order valence-electron chi connectivity index (χ0n) is 12.6. The molecule has 2 aromatic rings. The molecule has 0 aromatic carbocycles. The molecule has 0 amide bonds. The van der Waals surface area contributed by atoms with Crippen molar-refractivity contribution in [3.8, 4) is 16.5 Å². The predicted molar refractivity (Wildman–Crippen MR) is 89.0 cm³/mol. The van der Waals surface area contributed by atoms with Gasteiger partial charge in [-0.05, 0) is 38.3 Å². The first kappa shape index (κ1) is 16.5. The van der Waals surface area contributed by atoms with Crippen LogP contribution < -0.4 is 0 Å². The van der Waals surface area contributed by atoms with E-state index in [-0.39, 0.29) is 5.97 Å². The lowest BCUT2D eigenvalue weighted by molar-refractivity contribution is -0.142. The van der Waals surface area contributed by atoms with Gasteiger partial charge in [-0.15, -0.1) is 11.3 Å². The van der Waals surface area contributed by atoms with E-state index in [1.807, 2.05) is 30.5 Å². The first-order valence-corrected chi connectivity index (χ1v) is 8.61. The van der Waals surface area contributed by atoms with Gasteiger partial charge in [-0.1, -0.05) is 17.8 Å². The zero-order valence-corrected chi connectivity index (χ0v) is 14.3. The third-order valence-electron chi connectivity index (χ3n) is 2.92. The predicted octanol–water partition coefficient (Wildman–Crippen LogP) is 4.03. The molecule has 0 aliphatic rings. The van der Waals surface area contributed by atoms with E-state index in [4.69, 9.17) is 4.74 Å². The van der Waals surface area contributed by atoms with E-state index in [0.29, 0.717) is 17.2 Å². The summed E-state index contributed by atoms with van der Waals surface area (Å²) < 4.78 is 5.01. The second kappa shape index (κ2) is 7.43. The zero-order chi connectivity index (χ0) is 16.1. The highest BCUT2D eigenvalue weighted by atomic mass is 32.2. The van der Waals surface area contributed by atoms with Gasteiger partial charge in [0.2, 0.25) is 0 Å². The third-order valence-corrected chi connectivity index (χ3v) is 4.89. The number of hydrogen-bond acceptors (Lipinski definition) is 6. The lowest BCUT2D eigenvalue weighted by Crippen LogP contribution is -2.17. The monoisotopic (exact) mass is 332 g/mol. The third kappa shape index (κ3) is 3.67. The van der Waals surface area contributed by atoms with Crippen molar-refractivity contribution in [2.24, 2.45) is 0 Å². The van der Waals surface area contributed by atoms with E-state index in [2.05, 4.69) is 11.1 Å². The first-order valence-electron chi connectivity index (χ1n) is 6.85. The maximum Gasteiger partial charge on any atom is 0.319 e. The van der Waals surface area contributed by atoms with Crippen LogP contribution in [-0.2, 0) is 9.53 Å². The topological polar surface area (TPSA) is 63.0 Å². The molecule has 0 spiro atoms. The Morgan fingerprint density at radius 1 is 1.59 bits per heavy atom. The molecule has 6 heteroatoms. The molecule has 2 aromatic heterocycles. The molecule has 0 aliphatic carbocycles. The molecule has 22 heavy (non-hydrogen) atoms. The summed E-state index contributed by atoms with van der Waals surface area (Å²) in [6.45, 7) is 5.77. The Morgan fingerprint density at radius 2 is 2.36 bits per heavy atom. The fraction of sp³-hybridized carbons (Fsp3) is 0.312. The SMILES string of the molecule is CCOC(=O)C(C)Sc1nc(C)cc(-c2cccs2)c1C#N. The summed E-state index contributed by atoms with van der Waals surface area (Å²) in [6, 6.07) is 8.06. The normalized spacial score (nSPS) is 11.7. The minimum atomic E-state index is -0.405. The summed E-state index contributed by atoms with van der Waals surface area (Å²) in [4.78, 5) is 17.2. The molecule has 114 valence electrons. The van der Waals surface area contributed by atoms with Crippen molar-refractivity contribution in [2.45, 2.75) is 31.0 Å². The van der Waals surface area contributed by atoms with Crippen LogP contribution in [0.5, 0.6) is 0 Å². The van der Waals surface area contributed by atoms with Crippen LogP contribution in [-0.4, -0.2) is 22.8 Å². The maximum absolute atomic E-state index is 11.8. The van der Waals surface area contributed by atoms with Gasteiger partial charge in [0.1, 0.15) is 16.3 Å². The Morgan fingerprint density at radius 3 is 2.95 bits per heavy atom. The molecular formula is C16H16N2O2S2. The van der Waals surface area contributed by atoms with Crippen molar-refractivity contribution < 1.29 is 9.53 Å². The van der Waals surface area contributed by atoms with Crippen molar-refractivity contribution in [3.63, 3.8) is 0 Å². The average Bonchev–Trinajstić information content (AvgIpc) is 3.01. The Hall–Kier alpha value is -1.84. The van der Waals surface area contributed by atoms with Crippen LogP contribution in [0, 0.1) is 18.3 Å².